The second-order valence-corrected chi connectivity index (χ2v) is 12.0. The van der Waals surface area contributed by atoms with Gasteiger partial charge in [0.1, 0.15) is 4.90 Å². The molecule has 184 valence electrons. The SMILES string of the molecule is O=S(=O)(NCC1CN(c2ccc3c(c2)[C@@H](Cc2ccccc2)[C@@H](N2CCC2)CC3)C1)c1cn[nH]c1. The highest BCUT2D eigenvalue weighted by Crippen LogP contribution is 2.41. The predicted molar refractivity (Wildman–Crippen MR) is 137 cm³/mol. The van der Waals surface area contributed by atoms with Gasteiger partial charge in [-0.2, -0.15) is 5.10 Å². The number of H-pyrrole nitrogens is 1. The number of likely N-dealkylation sites (tertiary alicyclic amines) is 1. The topological polar surface area (TPSA) is 81.3 Å². The summed E-state index contributed by atoms with van der Waals surface area (Å²) in [4.78, 5) is 5.25. The van der Waals surface area contributed by atoms with Crippen molar-refractivity contribution >= 4 is 15.7 Å². The fourth-order valence-electron chi connectivity index (χ4n) is 5.89. The van der Waals surface area contributed by atoms with Crippen LogP contribution in [0.25, 0.3) is 0 Å². The first kappa shape index (κ1) is 22.8. The molecule has 3 heterocycles. The quantitative estimate of drug-likeness (QED) is 0.506. The zero-order valence-electron chi connectivity index (χ0n) is 19.9. The largest absolute Gasteiger partial charge is 0.371 e. The third-order valence-electron chi connectivity index (χ3n) is 8.03. The molecule has 0 amide bonds. The standard InChI is InChI=1S/C27H33N5O2S/c33-35(34,24-16-28-29-17-24)30-15-21-18-32(19-21)23-9-7-22-8-10-27(31-11-4-12-31)26(25(22)14-23)13-20-5-2-1-3-6-20/h1-3,5-7,9,14,16-17,21,26-27,30H,4,8,10-13,15,18-19H2,(H,28,29)/t26-,27+/m1/s1. The summed E-state index contributed by atoms with van der Waals surface area (Å²) < 4.78 is 27.5. The fraction of sp³-hybridized carbons (Fsp3) is 0.444. The first-order chi connectivity index (χ1) is 17.1. The van der Waals surface area contributed by atoms with E-state index in [1.807, 2.05) is 0 Å². The number of aromatic nitrogens is 2. The van der Waals surface area contributed by atoms with Crippen molar-refractivity contribution in [3.63, 3.8) is 0 Å². The van der Waals surface area contributed by atoms with Gasteiger partial charge >= 0.3 is 0 Å². The minimum Gasteiger partial charge on any atom is -0.371 e. The van der Waals surface area contributed by atoms with Crippen molar-refractivity contribution in [2.45, 2.75) is 42.5 Å². The average Bonchev–Trinajstić information content (AvgIpc) is 3.35. The molecule has 0 spiro atoms. The highest BCUT2D eigenvalue weighted by molar-refractivity contribution is 7.89. The lowest BCUT2D eigenvalue weighted by molar-refractivity contribution is 0.0877. The maximum Gasteiger partial charge on any atom is 0.243 e. The van der Waals surface area contributed by atoms with Gasteiger partial charge in [-0.15, -0.1) is 0 Å². The van der Waals surface area contributed by atoms with Gasteiger partial charge in [0, 0.05) is 49.4 Å². The second-order valence-electron chi connectivity index (χ2n) is 10.2. The van der Waals surface area contributed by atoms with Crippen molar-refractivity contribution in [3.05, 3.63) is 77.6 Å². The van der Waals surface area contributed by atoms with Crippen molar-refractivity contribution < 1.29 is 8.42 Å². The second kappa shape index (κ2) is 9.41. The molecule has 3 aliphatic rings. The maximum atomic E-state index is 12.4. The lowest BCUT2D eigenvalue weighted by Crippen LogP contribution is -2.52. The zero-order chi connectivity index (χ0) is 23.8. The highest BCUT2D eigenvalue weighted by atomic mass is 32.2. The third-order valence-corrected chi connectivity index (χ3v) is 9.42. The van der Waals surface area contributed by atoms with Crippen LogP contribution in [0, 0.1) is 5.92 Å². The number of hydrogen-bond acceptors (Lipinski definition) is 5. The number of nitrogens with zero attached hydrogens (tertiary/aromatic N) is 3. The fourth-order valence-corrected chi connectivity index (χ4v) is 6.91. The Hall–Kier alpha value is -2.68. The van der Waals surface area contributed by atoms with Gasteiger partial charge in [-0.05, 0) is 67.6 Å². The van der Waals surface area contributed by atoms with E-state index in [1.165, 1.54) is 60.7 Å². The molecule has 0 bridgehead atoms. The van der Waals surface area contributed by atoms with Crippen molar-refractivity contribution in [1.82, 2.24) is 19.8 Å². The van der Waals surface area contributed by atoms with Crippen LogP contribution in [0.3, 0.4) is 0 Å². The Morgan fingerprint density at radius 1 is 1.09 bits per heavy atom. The number of anilines is 1. The van der Waals surface area contributed by atoms with Gasteiger partial charge in [-0.3, -0.25) is 10.00 Å². The molecular formula is C27H33N5O2S. The number of rotatable bonds is 8. The molecule has 1 aliphatic carbocycles. The summed E-state index contributed by atoms with van der Waals surface area (Å²) in [7, 11) is -3.50. The zero-order valence-corrected chi connectivity index (χ0v) is 20.8. The van der Waals surface area contributed by atoms with Crippen LogP contribution in [0.4, 0.5) is 5.69 Å². The Kier molecular flexibility index (Phi) is 6.12. The number of aromatic amines is 1. The normalized spacial score (nSPS) is 22.9. The first-order valence-electron chi connectivity index (χ1n) is 12.7. The van der Waals surface area contributed by atoms with E-state index in [0.717, 1.165) is 25.9 Å². The summed E-state index contributed by atoms with van der Waals surface area (Å²) in [6.07, 6.45) is 7.54. The molecule has 3 aromatic rings. The maximum absolute atomic E-state index is 12.4. The average molecular weight is 492 g/mol. The molecule has 0 radical (unpaired) electrons. The molecular weight excluding hydrogens is 458 g/mol. The summed E-state index contributed by atoms with van der Waals surface area (Å²) in [5.41, 5.74) is 5.69. The first-order valence-corrected chi connectivity index (χ1v) is 14.2. The molecule has 2 aromatic carbocycles. The van der Waals surface area contributed by atoms with E-state index in [2.05, 4.69) is 73.3 Å². The molecule has 2 fully saturated rings. The van der Waals surface area contributed by atoms with Gasteiger partial charge in [0.25, 0.3) is 0 Å². The summed E-state index contributed by atoms with van der Waals surface area (Å²) in [6, 6.07) is 18.6. The van der Waals surface area contributed by atoms with Crippen LogP contribution in [0.15, 0.2) is 65.8 Å². The molecule has 8 heteroatoms. The molecule has 2 saturated heterocycles. The van der Waals surface area contributed by atoms with Crippen LogP contribution >= 0.6 is 0 Å². The number of aryl methyl sites for hydroxylation is 1. The molecule has 2 N–H and O–H groups in total. The van der Waals surface area contributed by atoms with Crippen LogP contribution in [-0.4, -0.2) is 62.3 Å². The monoisotopic (exact) mass is 491 g/mol. The van der Waals surface area contributed by atoms with E-state index >= 15 is 0 Å². The molecule has 2 atom stereocenters. The van der Waals surface area contributed by atoms with E-state index in [4.69, 9.17) is 0 Å². The van der Waals surface area contributed by atoms with Gasteiger partial charge < -0.3 is 4.90 Å². The Bertz CT molecular complexity index is 1250. The molecule has 0 unspecified atom stereocenters. The summed E-state index contributed by atoms with van der Waals surface area (Å²) >= 11 is 0. The minimum atomic E-state index is -3.50. The van der Waals surface area contributed by atoms with Gasteiger partial charge in [0.05, 0.1) is 6.20 Å². The van der Waals surface area contributed by atoms with Crippen LogP contribution in [-0.2, 0) is 22.9 Å². The molecule has 6 rings (SSSR count). The van der Waals surface area contributed by atoms with Gasteiger partial charge in [-0.1, -0.05) is 36.4 Å². The Labute approximate surface area is 207 Å². The number of hydrogen-bond donors (Lipinski definition) is 2. The van der Waals surface area contributed by atoms with Crippen molar-refractivity contribution in [1.29, 1.82) is 0 Å². The Morgan fingerprint density at radius 2 is 1.91 bits per heavy atom. The van der Waals surface area contributed by atoms with Crippen molar-refractivity contribution in [3.8, 4) is 0 Å². The Balaban J connectivity index is 1.16. The molecule has 2 aliphatic heterocycles. The summed E-state index contributed by atoms with van der Waals surface area (Å²) in [5, 5.41) is 6.30. The van der Waals surface area contributed by atoms with Crippen LogP contribution < -0.4 is 9.62 Å². The number of nitrogens with one attached hydrogen (secondary N) is 2. The Morgan fingerprint density at radius 3 is 2.63 bits per heavy atom. The summed E-state index contributed by atoms with van der Waals surface area (Å²) in [6.45, 7) is 4.64. The minimum absolute atomic E-state index is 0.185. The van der Waals surface area contributed by atoms with E-state index in [-0.39, 0.29) is 4.90 Å². The van der Waals surface area contributed by atoms with Crippen LogP contribution in [0.5, 0.6) is 0 Å². The lowest BCUT2D eigenvalue weighted by Gasteiger charge is -2.46. The smallest absolute Gasteiger partial charge is 0.243 e. The number of sulfonamides is 1. The summed E-state index contributed by atoms with van der Waals surface area (Å²) in [5.74, 6) is 0.821. The van der Waals surface area contributed by atoms with E-state index in [0.29, 0.717) is 24.4 Å². The van der Waals surface area contributed by atoms with E-state index in [9.17, 15) is 8.42 Å². The predicted octanol–water partition coefficient (Wildman–Crippen LogP) is 3.17. The van der Waals surface area contributed by atoms with Gasteiger partial charge in [0.2, 0.25) is 10.0 Å². The lowest BCUT2D eigenvalue weighted by atomic mass is 9.74. The number of fused-ring (bicyclic) bond motifs is 1. The molecule has 0 saturated carbocycles. The van der Waals surface area contributed by atoms with Crippen LogP contribution in [0.1, 0.15) is 35.4 Å². The molecule has 7 nitrogen and oxygen atoms in total. The van der Waals surface area contributed by atoms with E-state index in [1.54, 1.807) is 0 Å². The van der Waals surface area contributed by atoms with Crippen molar-refractivity contribution in [2.24, 2.45) is 5.92 Å². The van der Waals surface area contributed by atoms with Crippen molar-refractivity contribution in [2.75, 3.05) is 37.6 Å². The highest BCUT2D eigenvalue weighted by Gasteiger charge is 2.37. The van der Waals surface area contributed by atoms with Gasteiger partial charge in [0.15, 0.2) is 0 Å². The van der Waals surface area contributed by atoms with Crippen LogP contribution in [0.2, 0.25) is 0 Å². The number of benzene rings is 2. The molecule has 35 heavy (non-hydrogen) atoms. The van der Waals surface area contributed by atoms with E-state index < -0.39 is 10.0 Å². The van der Waals surface area contributed by atoms with Gasteiger partial charge in [-0.25, -0.2) is 13.1 Å². The third kappa shape index (κ3) is 4.62. The molecule has 1 aromatic heterocycles.